The van der Waals surface area contributed by atoms with Crippen LogP contribution in [0.4, 0.5) is 0 Å². The lowest BCUT2D eigenvalue weighted by Crippen LogP contribution is -2.10. The maximum Gasteiger partial charge on any atom is 0.312 e. The smallest absolute Gasteiger partial charge is 0.312 e. The second-order valence-electron chi connectivity index (χ2n) is 5.01. The SMILES string of the molecule is CSc1cc2n(c1C(=O)c1ccccc1)CCC2C(=O)O. The molecule has 1 aromatic carbocycles. The van der Waals surface area contributed by atoms with Crippen LogP contribution in [-0.2, 0) is 11.3 Å². The van der Waals surface area contributed by atoms with Crippen LogP contribution in [0.15, 0.2) is 41.3 Å². The Morgan fingerprint density at radius 2 is 2.00 bits per heavy atom. The molecule has 0 saturated carbocycles. The van der Waals surface area contributed by atoms with E-state index in [1.54, 1.807) is 12.1 Å². The Morgan fingerprint density at radius 1 is 1.29 bits per heavy atom. The van der Waals surface area contributed by atoms with Gasteiger partial charge < -0.3 is 9.67 Å². The summed E-state index contributed by atoms with van der Waals surface area (Å²) in [4.78, 5) is 24.9. The summed E-state index contributed by atoms with van der Waals surface area (Å²) in [6.45, 7) is 0.584. The Hall–Kier alpha value is -2.01. The van der Waals surface area contributed by atoms with Crippen molar-refractivity contribution in [1.82, 2.24) is 4.57 Å². The minimum Gasteiger partial charge on any atom is -0.481 e. The molecule has 1 atom stereocenters. The summed E-state index contributed by atoms with van der Waals surface area (Å²) < 4.78 is 1.87. The summed E-state index contributed by atoms with van der Waals surface area (Å²) in [5, 5.41) is 9.28. The molecule has 1 aliphatic heterocycles. The molecule has 0 spiro atoms. The van der Waals surface area contributed by atoms with E-state index >= 15 is 0 Å². The predicted molar refractivity (Wildman–Crippen MR) is 81.1 cm³/mol. The lowest BCUT2D eigenvalue weighted by molar-refractivity contribution is -0.138. The standard InChI is InChI=1S/C16H15NO3S/c1-21-13-9-12-11(16(19)20)7-8-17(12)14(13)15(18)10-5-3-2-4-6-10/h2-6,9,11H,7-8H2,1H3,(H,19,20). The van der Waals surface area contributed by atoms with Gasteiger partial charge in [0.05, 0.1) is 5.92 Å². The number of aromatic nitrogens is 1. The van der Waals surface area contributed by atoms with Crippen molar-refractivity contribution in [1.29, 1.82) is 0 Å². The number of nitrogens with zero attached hydrogens (tertiary/aromatic N) is 1. The van der Waals surface area contributed by atoms with Crippen LogP contribution in [0, 0.1) is 0 Å². The number of carboxylic acid groups (broad SMARTS) is 1. The fourth-order valence-electron chi connectivity index (χ4n) is 2.84. The highest BCUT2D eigenvalue weighted by molar-refractivity contribution is 7.98. The van der Waals surface area contributed by atoms with Crippen LogP contribution in [0.2, 0.25) is 0 Å². The van der Waals surface area contributed by atoms with Crippen LogP contribution in [0.25, 0.3) is 0 Å². The molecule has 5 heteroatoms. The highest BCUT2D eigenvalue weighted by Crippen LogP contribution is 2.37. The zero-order valence-corrected chi connectivity index (χ0v) is 12.4. The van der Waals surface area contributed by atoms with Crippen molar-refractivity contribution >= 4 is 23.5 Å². The van der Waals surface area contributed by atoms with Gasteiger partial charge in [-0.25, -0.2) is 0 Å². The highest BCUT2D eigenvalue weighted by Gasteiger charge is 2.34. The third-order valence-electron chi connectivity index (χ3n) is 3.86. The number of benzene rings is 1. The minimum atomic E-state index is -0.822. The number of rotatable bonds is 4. The molecule has 1 unspecified atom stereocenters. The summed E-state index contributed by atoms with van der Waals surface area (Å²) in [5.74, 6) is -1.37. The van der Waals surface area contributed by atoms with E-state index < -0.39 is 11.9 Å². The summed E-state index contributed by atoms with van der Waals surface area (Å²) in [6, 6.07) is 11.0. The van der Waals surface area contributed by atoms with Crippen molar-refractivity contribution in [3.8, 4) is 0 Å². The Bertz CT molecular complexity index is 706. The number of fused-ring (bicyclic) bond motifs is 1. The maximum atomic E-state index is 12.7. The summed E-state index contributed by atoms with van der Waals surface area (Å²) in [7, 11) is 0. The van der Waals surface area contributed by atoms with Crippen LogP contribution in [0.5, 0.6) is 0 Å². The van der Waals surface area contributed by atoms with Gasteiger partial charge in [0.25, 0.3) is 0 Å². The van der Waals surface area contributed by atoms with E-state index in [-0.39, 0.29) is 5.78 Å². The molecule has 1 aliphatic rings. The van der Waals surface area contributed by atoms with Crippen molar-refractivity contribution in [3.05, 3.63) is 53.3 Å². The normalized spacial score (nSPS) is 16.7. The first-order chi connectivity index (χ1) is 10.1. The molecule has 0 saturated heterocycles. The van der Waals surface area contributed by atoms with Crippen LogP contribution < -0.4 is 0 Å². The zero-order chi connectivity index (χ0) is 15.0. The number of hydrogen-bond acceptors (Lipinski definition) is 3. The van der Waals surface area contributed by atoms with Crippen molar-refractivity contribution in [2.24, 2.45) is 0 Å². The Kier molecular flexibility index (Phi) is 3.59. The van der Waals surface area contributed by atoms with E-state index in [4.69, 9.17) is 0 Å². The van der Waals surface area contributed by atoms with E-state index in [1.807, 2.05) is 35.1 Å². The molecule has 108 valence electrons. The molecule has 0 amide bonds. The van der Waals surface area contributed by atoms with Crippen molar-refractivity contribution in [3.63, 3.8) is 0 Å². The molecule has 2 aromatic rings. The van der Waals surface area contributed by atoms with Crippen molar-refractivity contribution < 1.29 is 14.7 Å². The number of carbonyl (C=O) groups excluding carboxylic acids is 1. The van der Waals surface area contributed by atoms with Gasteiger partial charge in [-0.15, -0.1) is 11.8 Å². The fourth-order valence-corrected chi connectivity index (χ4v) is 3.48. The van der Waals surface area contributed by atoms with Gasteiger partial charge in [-0.3, -0.25) is 9.59 Å². The second kappa shape index (κ2) is 5.41. The minimum absolute atomic E-state index is 0.0442. The first kappa shape index (κ1) is 13.9. The van der Waals surface area contributed by atoms with Gasteiger partial charge in [0.1, 0.15) is 5.69 Å². The Labute approximate surface area is 126 Å². The number of carbonyl (C=O) groups is 2. The molecule has 0 bridgehead atoms. The number of hydrogen-bond donors (Lipinski definition) is 1. The molecule has 2 heterocycles. The van der Waals surface area contributed by atoms with E-state index in [1.165, 1.54) is 11.8 Å². The Balaban J connectivity index is 2.09. The maximum absolute atomic E-state index is 12.7. The van der Waals surface area contributed by atoms with E-state index in [0.29, 0.717) is 24.2 Å². The zero-order valence-electron chi connectivity index (χ0n) is 11.6. The molecule has 0 fully saturated rings. The summed E-state index contributed by atoms with van der Waals surface area (Å²) in [6.07, 6.45) is 2.46. The van der Waals surface area contributed by atoms with Gasteiger partial charge in [-0.1, -0.05) is 30.3 Å². The topological polar surface area (TPSA) is 59.3 Å². The molecule has 1 aromatic heterocycles. The number of aliphatic carboxylic acids is 1. The third-order valence-corrected chi connectivity index (χ3v) is 4.61. The van der Waals surface area contributed by atoms with Gasteiger partial charge in [-0.05, 0) is 18.7 Å². The molecule has 21 heavy (non-hydrogen) atoms. The molecular weight excluding hydrogens is 286 g/mol. The number of ketones is 1. The molecule has 4 nitrogen and oxygen atoms in total. The van der Waals surface area contributed by atoms with Gasteiger partial charge in [-0.2, -0.15) is 0 Å². The Morgan fingerprint density at radius 3 is 2.62 bits per heavy atom. The number of thioether (sulfide) groups is 1. The van der Waals surface area contributed by atoms with Gasteiger partial charge >= 0.3 is 5.97 Å². The quantitative estimate of drug-likeness (QED) is 0.696. The highest BCUT2D eigenvalue weighted by atomic mass is 32.2. The van der Waals surface area contributed by atoms with E-state index in [9.17, 15) is 14.7 Å². The lowest BCUT2D eigenvalue weighted by atomic mass is 10.1. The van der Waals surface area contributed by atoms with Crippen molar-refractivity contribution in [2.45, 2.75) is 23.8 Å². The van der Waals surface area contributed by atoms with E-state index in [0.717, 1.165) is 10.6 Å². The number of carboxylic acids is 1. The van der Waals surface area contributed by atoms with Crippen molar-refractivity contribution in [2.75, 3.05) is 6.26 Å². The van der Waals surface area contributed by atoms with Crippen LogP contribution in [0.3, 0.4) is 0 Å². The first-order valence-corrected chi connectivity index (χ1v) is 7.96. The molecule has 0 radical (unpaired) electrons. The van der Waals surface area contributed by atoms with Gasteiger partial charge in [0.2, 0.25) is 5.78 Å². The van der Waals surface area contributed by atoms with Crippen LogP contribution >= 0.6 is 11.8 Å². The first-order valence-electron chi connectivity index (χ1n) is 6.73. The average molecular weight is 301 g/mol. The lowest BCUT2D eigenvalue weighted by Gasteiger charge is -2.07. The molecular formula is C16H15NO3S. The largest absolute Gasteiger partial charge is 0.481 e. The monoisotopic (exact) mass is 301 g/mol. The molecule has 1 N–H and O–H groups in total. The third kappa shape index (κ3) is 2.27. The summed E-state index contributed by atoms with van der Waals surface area (Å²) in [5.41, 5.74) is 1.99. The second-order valence-corrected chi connectivity index (χ2v) is 5.86. The van der Waals surface area contributed by atoms with Gasteiger partial charge in [0.15, 0.2) is 0 Å². The molecule has 3 rings (SSSR count). The van der Waals surface area contributed by atoms with Crippen LogP contribution in [-0.4, -0.2) is 27.7 Å². The molecule has 0 aliphatic carbocycles. The van der Waals surface area contributed by atoms with E-state index in [2.05, 4.69) is 0 Å². The van der Waals surface area contributed by atoms with Gasteiger partial charge in [0, 0.05) is 22.7 Å². The summed E-state index contributed by atoms with van der Waals surface area (Å²) >= 11 is 1.48. The average Bonchev–Trinajstić information content (AvgIpc) is 3.05. The van der Waals surface area contributed by atoms with Crippen LogP contribution in [0.1, 0.15) is 34.1 Å². The predicted octanol–water partition coefficient (Wildman–Crippen LogP) is 3.01. The fraction of sp³-hybridized carbons (Fsp3) is 0.250.